The molecule has 0 aliphatic carbocycles. The van der Waals surface area contributed by atoms with Gasteiger partial charge in [0.05, 0.1) is 27.1 Å². The molecular weight excluding hydrogens is 338 g/mol. The average molecular weight is 357 g/mol. The Balaban J connectivity index is 2.03. The van der Waals surface area contributed by atoms with Crippen molar-refractivity contribution in [3.8, 4) is 0 Å². The maximum Gasteiger partial charge on any atom is 0.0625 e. The molecule has 0 aliphatic heterocycles. The molecule has 0 aliphatic rings. The van der Waals surface area contributed by atoms with E-state index in [4.69, 9.17) is 0 Å². The molecule has 0 amide bonds. The molecule has 0 aromatic heterocycles. The highest BCUT2D eigenvalue weighted by Crippen LogP contribution is 2.40. The van der Waals surface area contributed by atoms with Gasteiger partial charge in [-0.1, -0.05) is 66.7 Å². The SMILES string of the molecule is CS(=O)c1ccccc1N(c1ccccc1)c1cccc2ccccc12. The fraction of sp³-hybridized carbons (Fsp3) is 0.0435. The van der Waals surface area contributed by atoms with Gasteiger partial charge in [0, 0.05) is 17.3 Å². The third kappa shape index (κ3) is 3.02. The Morgan fingerprint density at radius 2 is 1.27 bits per heavy atom. The minimum absolute atomic E-state index is 0.823. The van der Waals surface area contributed by atoms with E-state index in [0.29, 0.717) is 0 Å². The lowest BCUT2D eigenvalue weighted by Gasteiger charge is -2.28. The zero-order chi connectivity index (χ0) is 17.9. The Morgan fingerprint density at radius 1 is 0.654 bits per heavy atom. The average Bonchev–Trinajstić information content (AvgIpc) is 2.69. The Labute approximate surface area is 156 Å². The number of hydrogen-bond donors (Lipinski definition) is 0. The number of fused-ring (bicyclic) bond motifs is 1. The quantitative estimate of drug-likeness (QED) is 0.443. The molecule has 4 aromatic carbocycles. The Morgan fingerprint density at radius 3 is 2.08 bits per heavy atom. The van der Waals surface area contributed by atoms with Crippen LogP contribution in [0, 0.1) is 0 Å². The summed E-state index contributed by atoms with van der Waals surface area (Å²) in [6, 6.07) is 32.8. The standard InChI is InChI=1S/C23H19NOS/c1-26(25)23-17-8-7-15-22(23)24(19-12-3-2-4-13-19)21-16-9-11-18-10-5-6-14-20(18)21/h2-17H,1H3. The number of nitrogens with zero attached hydrogens (tertiary/aromatic N) is 1. The molecule has 0 N–H and O–H groups in total. The number of para-hydroxylation sites is 2. The van der Waals surface area contributed by atoms with Crippen LogP contribution in [0.1, 0.15) is 0 Å². The molecular formula is C23H19NOS. The maximum absolute atomic E-state index is 12.4. The van der Waals surface area contributed by atoms with Crippen molar-refractivity contribution in [3.05, 3.63) is 97.1 Å². The summed E-state index contributed by atoms with van der Waals surface area (Å²) in [5.41, 5.74) is 3.06. The zero-order valence-corrected chi connectivity index (χ0v) is 15.3. The molecule has 0 saturated carbocycles. The van der Waals surface area contributed by atoms with Gasteiger partial charge in [0.25, 0.3) is 0 Å². The van der Waals surface area contributed by atoms with Gasteiger partial charge in [-0.3, -0.25) is 4.21 Å². The summed E-state index contributed by atoms with van der Waals surface area (Å²) in [6.07, 6.45) is 1.73. The minimum Gasteiger partial charge on any atom is -0.309 e. The summed E-state index contributed by atoms with van der Waals surface area (Å²) >= 11 is 0. The van der Waals surface area contributed by atoms with Crippen LogP contribution in [-0.4, -0.2) is 10.5 Å². The largest absolute Gasteiger partial charge is 0.309 e. The fourth-order valence-electron chi connectivity index (χ4n) is 3.27. The van der Waals surface area contributed by atoms with Gasteiger partial charge in [-0.15, -0.1) is 0 Å². The van der Waals surface area contributed by atoms with Gasteiger partial charge in [0.2, 0.25) is 0 Å². The molecule has 2 nitrogen and oxygen atoms in total. The maximum atomic E-state index is 12.4. The van der Waals surface area contributed by atoms with Crippen LogP contribution in [0.2, 0.25) is 0 Å². The van der Waals surface area contributed by atoms with Crippen LogP contribution in [0.25, 0.3) is 10.8 Å². The molecule has 4 aromatic rings. The van der Waals surface area contributed by atoms with Crippen molar-refractivity contribution in [1.82, 2.24) is 0 Å². The normalized spacial score (nSPS) is 12.0. The van der Waals surface area contributed by atoms with Crippen LogP contribution in [0.4, 0.5) is 17.1 Å². The second-order valence-electron chi connectivity index (χ2n) is 6.09. The smallest absolute Gasteiger partial charge is 0.0625 e. The lowest BCUT2D eigenvalue weighted by Crippen LogP contribution is -2.12. The molecule has 1 atom stereocenters. The Kier molecular flexibility index (Phi) is 4.55. The summed E-state index contributed by atoms with van der Waals surface area (Å²) in [7, 11) is -1.08. The predicted molar refractivity (Wildman–Crippen MR) is 111 cm³/mol. The van der Waals surface area contributed by atoms with Gasteiger partial charge in [-0.05, 0) is 35.7 Å². The van der Waals surface area contributed by atoms with Crippen LogP contribution < -0.4 is 4.90 Å². The fourth-order valence-corrected chi connectivity index (χ4v) is 4.00. The van der Waals surface area contributed by atoms with E-state index >= 15 is 0 Å². The summed E-state index contributed by atoms with van der Waals surface area (Å²) in [4.78, 5) is 3.02. The van der Waals surface area contributed by atoms with Crippen LogP contribution in [0.3, 0.4) is 0 Å². The topological polar surface area (TPSA) is 20.3 Å². The van der Waals surface area contributed by atoms with Gasteiger partial charge in [0.1, 0.15) is 0 Å². The molecule has 26 heavy (non-hydrogen) atoms. The predicted octanol–water partition coefficient (Wildman–Crippen LogP) is 6.05. The van der Waals surface area contributed by atoms with Crippen molar-refractivity contribution in [2.45, 2.75) is 4.90 Å². The van der Waals surface area contributed by atoms with Crippen LogP contribution in [-0.2, 0) is 10.8 Å². The van der Waals surface area contributed by atoms with Crippen molar-refractivity contribution in [2.75, 3.05) is 11.2 Å². The molecule has 128 valence electrons. The van der Waals surface area contributed by atoms with E-state index in [-0.39, 0.29) is 0 Å². The highest BCUT2D eigenvalue weighted by Gasteiger charge is 2.18. The molecule has 4 rings (SSSR count). The molecule has 0 bridgehead atoms. The van der Waals surface area contributed by atoms with Gasteiger partial charge < -0.3 is 4.90 Å². The summed E-state index contributed by atoms with van der Waals surface area (Å²) in [5.74, 6) is 0. The molecule has 0 radical (unpaired) electrons. The van der Waals surface area contributed by atoms with Crippen molar-refractivity contribution in [1.29, 1.82) is 0 Å². The number of rotatable bonds is 4. The molecule has 3 heteroatoms. The van der Waals surface area contributed by atoms with Crippen molar-refractivity contribution in [3.63, 3.8) is 0 Å². The van der Waals surface area contributed by atoms with E-state index in [0.717, 1.165) is 27.3 Å². The third-order valence-electron chi connectivity index (χ3n) is 4.44. The minimum atomic E-state index is -1.08. The second-order valence-corrected chi connectivity index (χ2v) is 7.44. The highest BCUT2D eigenvalue weighted by molar-refractivity contribution is 7.84. The third-order valence-corrected chi connectivity index (χ3v) is 5.40. The van der Waals surface area contributed by atoms with Crippen LogP contribution in [0.5, 0.6) is 0 Å². The molecule has 0 saturated heterocycles. The van der Waals surface area contributed by atoms with E-state index in [1.165, 1.54) is 5.39 Å². The Hall–Kier alpha value is -2.91. The lowest BCUT2D eigenvalue weighted by atomic mass is 10.1. The molecule has 0 heterocycles. The van der Waals surface area contributed by atoms with Crippen LogP contribution in [0.15, 0.2) is 102 Å². The monoisotopic (exact) mass is 357 g/mol. The van der Waals surface area contributed by atoms with E-state index in [2.05, 4.69) is 53.4 Å². The summed E-state index contributed by atoms with van der Waals surface area (Å²) < 4.78 is 12.4. The number of anilines is 3. The van der Waals surface area contributed by atoms with Crippen molar-refractivity contribution >= 4 is 38.6 Å². The molecule has 0 spiro atoms. The second kappa shape index (κ2) is 7.14. The molecule has 1 unspecified atom stereocenters. The zero-order valence-electron chi connectivity index (χ0n) is 14.5. The highest BCUT2D eigenvalue weighted by atomic mass is 32.2. The Bertz CT molecular complexity index is 1070. The van der Waals surface area contributed by atoms with Crippen molar-refractivity contribution < 1.29 is 4.21 Å². The first-order chi connectivity index (χ1) is 12.8. The van der Waals surface area contributed by atoms with Gasteiger partial charge in [-0.25, -0.2) is 0 Å². The number of benzene rings is 4. The first-order valence-electron chi connectivity index (χ1n) is 8.51. The van der Waals surface area contributed by atoms with E-state index in [1.807, 2.05) is 48.5 Å². The first-order valence-corrected chi connectivity index (χ1v) is 10.1. The lowest BCUT2D eigenvalue weighted by molar-refractivity contribution is 0.687. The van der Waals surface area contributed by atoms with Gasteiger partial charge in [-0.2, -0.15) is 0 Å². The van der Waals surface area contributed by atoms with Crippen LogP contribution >= 0.6 is 0 Å². The van der Waals surface area contributed by atoms with Crippen molar-refractivity contribution in [2.24, 2.45) is 0 Å². The summed E-state index contributed by atoms with van der Waals surface area (Å²) in [5, 5.41) is 2.34. The number of hydrogen-bond acceptors (Lipinski definition) is 2. The van der Waals surface area contributed by atoms with E-state index in [1.54, 1.807) is 6.26 Å². The first kappa shape index (κ1) is 16.6. The van der Waals surface area contributed by atoms with Gasteiger partial charge >= 0.3 is 0 Å². The van der Waals surface area contributed by atoms with E-state index in [9.17, 15) is 4.21 Å². The summed E-state index contributed by atoms with van der Waals surface area (Å²) in [6.45, 7) is 0. The van der Waals surface area contributed by atoms with E-state index < -0.39 is 10.8 Å². The molecule has 0 fully saturated rings. The van der Waals surface area contributed by atoms with Gasteiger partial charge in [0.15, 0.2) is 0 Å².